The van der Waals surface area contributed by atoms with Crippen LogP contribution in [0.25, 0.3) is 33.0 Å². The molecule has 1 aliphatic carbocycles. The first-order chi connectivity index (χ1) is 17.1. The van der Waals surface area contributed by atoms with E-state index in [4.69, 9.17) is 9.84 Å². The van der Waals surface area contributed by atoms with Crippen molar-refractivity contribution in [3.05, 3.63) is 75.7 Å². The summed E-state index contributed by atoms with van der Waals surface area (Å²) in [6.45, 7) is 8.08. The first kappa shape index (κ1) is 21.2. The summed E-state index contributed by atoms with van der Waals surface area (Å²) in [4.78, 5) is 9.64. The highest BCUT2D eigenvalue weighted by atomic mass is 32.1. The molecule has 5 nitrogen and oxygen atoms in total. The largest absolute Gasteiger partial charge is 0.373 e. The van der Waals surface area contributed by atoms with Crippen LogP contribution in [-0.2, 0) is 24.2 Å². The lowest BCUT2D eigenvalue weighted by molar-refractivity contribution is -0.0704. The van der Waals surface area contributed by atoms with Crippen LogP contribution in [-0.4, -0.2) is 46.6 Å². The Hall–Kier alpha value is -3.06. The molecule has 6 heteroatoms. The Bertz CT molecular complexity index is 1440. The fraction of sp³-hybridized carbons (Fsp3) is 0.310. The van der Waals surface area contributed by atoms with Crippen molar-refractivity contribution in [2.45, 2.75) is 45.6 Å². The Balaban J connectivity index is 1.11. The van der Waals surface area contributed by atoms with Crippen molar-refractivity contribution in [3.8, 4) is 33.0 Å². The molecule has 0 bridgehead atoms. The average Bonchev–Trinajstić information content (AvgIpc) is 3.60. The number of aromatic nitrogens is 2. The molecule has 1 saturated heterocycles. The molecule has 2 aromatic heterocycles. The fourth-order valence-corrected chi connectivity index (χ4v) is 6.96. The van der Waals surface area contributed by atoms with Crippen molar-refractivity contribution in [3.63, 3.8) is 0 Å². The number of ether oxygens (including phenoxy) is 1. The standard InChI is InChI=1S/C29H28N4OS/c1-17-14-33(15-18(2)34-17)16-19-3-5-20(6-4-19)26-10-24-27(35-26)11-25-28(31-32-29(24)25)21-7-8-22-12-30-13-23(22)9-21/h3-10,12,17-18H,11,13-16H2,1-2H3,(H,31,32)/t17-,18+. The molecule has 1 N–H and O–H groups in total. The summed E-state index contributed by atoms with van der Waals surface area (Å²) in [5.74, 6) is 0. The molecule has 2 aromatic carbocycles. The van der Waals surface area contributed by atoms with Gasteiger partial charge in [-0.25, -0.2) is 0 Å². The molecule has 0 amide bonds. The molecule has 176 valence electrons. The molecule has 0 radical (unpaired) electrons. The summed E-state index contributed by atoms with van der Waals surface area (Å²) >= 11 is 1.91. The number of aliphatic imine (C=N–C) groups is 1. The molecule has 0 spiro atoms. The second-order valence-corrected chi connectivity index (χ2v) is 11.2. The number of benzene rings is 2. The predicted molar refractivity (Wildman–Crippen MR) is 142 cm³/mol. The van der Waals surface area contributed by atoms with E-state index in [1.54, 1.807) is 0 Å². The highest BCUT2D eigenvalue weighted by Gasteiger charge is 2.28. The molecule has 3 aliphatic rings. The number of thiophene rings is 1. The zero-order valence-electron chi connectivity index (χ0n) is 20.0. The van der Waals surface area contributed by atoms with Gasteiger partial charge in [0, 0.05) is 58.7 Å². The van der Waals surface area contributed by atoms with Crippen LogP contribution in [0.3, 0.4) is 0 Å². The zero-order chi connectivity index (χ0) is 23.5. The summed E-state index contributed by atoms with van der Waals surface area (Å²) in [7, 11) is 0. The van der Waals surface area contributed by atoms with E-state index in [-0.39, 0.29) is 0 Å². The van der Waals surface area contributed by atoms with Gasteiger partial charge < -0.3 is 4.74 Å². The van der Waals surface area contributed by atoms with Gasteiger partial charge in [-0.1, -0.05) is 36.4 Å². The first-order valence-electron chi connectivity index (χ1n) is 12.4. The zero-order valence-corrected chi connectivity index (χ0v) is 20.9. The molecule has 4 aromatic rings. The number of hydrogen-bond acceptors (Lipinski definition) is 5. The number of H-pyrrole nitrogens is 1. The molecule has 7 rings (SSSR count). The van der Waals surface area contributed by atoms with E-state index in [2.05, 4.69) is 77.4 Å². The van der Waals surface area contributed by atoms with Gasteiger partial charge in [0.1, 0.15) is 0 Å². The van der Waals surface area contributed by atoms with E-state index in [1.807, 2.05) is 17.6 Å². The summed E-state index contributed by atoms with van der Waals surface area (Å²) in [6, 6.07) is 18.0. The summed E-state index contributed by atoms with van der Waals surface area (Å²) < 4.78 is 5.88. The number of nitrogens with one attached hydrogen (secondary N) is 1. The van der Waals surface area contributed by atoms with Gasteiger partial charge in [0.25, 0.3) is 0 Å². The highest BCUT2D eigenvalue weighted by molar-refractivity contribution is 7.16. The van der Waals surface area contributed by atoms with E-state index in [9.17, 15) is 0 Å². The van der Waals surface area contributed by atoms with Gasteiger partial charge in [-0.15, -0.1) is 11.3 Å². The van der Waals surface area contributed by atoms with Gasteiger partial charge in [-0.3, -0.25) is 15.0 Å². The predicted octanol–water partition coefficient (Wildman–Crippen LogP) is 5.92. The van der Waals surface area contributed by atoms with Gasteiger partial charge in [0.05, 0.1) is 30.1 Å². The van der Waals surface area contributed by atoms with Crippen LogP contribution >= 0.6 is 11.3 Å². The molecule has 4 heterocycles. The minimum Gasteiger partial charge on any atom is -0.373 e. The second kappa shape index (κ2) is 8.26. The maximum atomic E-state index is 5.88. The number of nitrogens with zero attached hydrogens (tertiary/aromatic N) is 3. The van der Waals surface area contributed by atoms with E-state index in [0.717, 1.165) is 38.3 Å². The summed E-state index contributed by atoms with van der Waals surface area (Å²) in [6.07, 6.45) is 3.51. The molecular weight excluding hydrogens is 452 g/mol. The van der Waals surface area contributed by atoms with Crippen LogP contribution in [0.1, 0.15) is 41.0 Å². The normalized spacial score (nSPS) is 20.7. The molecule has 1 fully saturated rings. The summed E-state index contributed by atoms with van der Waals surface area (Å²) in [5.41, 5.74) is 11.2. The Morgan fingerprint density at radius 3 is 2.66 bits per heavy atom. The van der Waals surface area contributed by atoms with Crippen molar-refractivity contribution in [1.29, 1.82) is 0 Å². The Morgan fingerprint density at radius 2 is 1.83 bits per heavy atom. The third-order valence-electron chi connectivity index (χ3n) is 7.33. The lowest BCUT2D eigenvalue weighted by atomic mass is 10.0. The van der Waals surface area contributed by atoms with Crippen molar-refractivity contribution in [2.24, 2.45) is 4.99 Å². The average molecular weight is 481 g/mol. The van der Waals surface area contributed by atoms with Crippen LogP contribution in [0, 0.1) is 0 Å². The number of rotatable bonds is 4. The maximum Gasteiger partial charge on any atom is 0.0963 e. The number of fused-ring (bicyclic) bond motifs is 4. The number of morpholine rings is 1. The first-order valence-corrected chi connectivity index (χ1v) is 13.2. The van der Waals surface area contributed by atoms with Crippen LogP contribution in [0.2, 0.25) is 0 Å². The Labute approximate surface area is 209 Å². The topological polar surface area (TPSA) is 53.5 Å². The van der Waals surface area contributed by atoms with Crippen LogP contribution in [0.15, 0.2) is 53.5 Å². The molecular formula is C29H28N4OS. The van der Waals surface area contributed by atoms with Gasteiger partial charge in [-0.05, 0) is 48.2 Å². The Kier molecular flexibility index (Phi) is 5.01. The van der Waals surface area contributed by atoms with Gasteiger partial charge in [0.15, 0.2) is 0 Å². The monoisotopic (exact) mass is 480 g/mol. The minimum absolute atomic E-state index is 0.302. The summed E-state index contributed by atoms with van der Waals surface area (Å²) in [5, 5.41) is 8.06. The number of hydrogen-bond donors (Lipinski definition) is 1. The van der Waals surface area contributed by atoms with Crippen LogP contribution in [0.5, 0.6) is 0 Å². The van der Waals surface area contributed by atoms with Crippen LogP contribution < -0.4 is 0 Å². The molecule has 35 heavy (non-hydrogen) atoms. The van der Waals surface area contributed by atoms with E-state index in [0.29, 0.717) is 12.2 Å². The van der Waals surface area contributed by atoms with Gasteiger partial charge >= 0.3 is 0 Å². The molecule has 0 saturated carbocycles. The lowest BCUT2D eigenvalue weighted by Gasteiger charge is -2.35. The quantitative estimate of drug-likeness (QED) is 0.347. The van der Waals surface area contributed by atoms with E-state index >= 15 is 0 Å². The van der Waals surface area contributed by atoms with Gasteiger partial charge in [-0.2, -0.15) is 5.10 Å². The van der Waals surface area contributed by atoms with Crippen LogP contribution in [0.4, 0.5) is 0 Å². The van der Waals surface area contributed by atoms with Crippen molar-refractivity contribution in [1.82, 2.24) is 15.1 Å². The lowest BCUT2D eigenvalue weighted by Crippen LogP contribution is -2.44. The Morgan fingerprint density at radius 1 is 1.03 bits per heavy atom. The smallest absolute Gasteiger partial charge is 0.0963 e. The number of aromatic amines is 1. The second-order valence-electron chi connectivity index (χ2n) is 10.1. The van der Waals surface area contributed by atoms with Crippen molar-refractivity contribution in [2.75, 3.05) is 13.1 Å². The molecule has 2 atom stereocenters. The highest BCUT2D eigenvalue weighted by Crippen LogP contribution is 2.46. The van der Waals surface area contributed by atoms with E-state index < -0.39 is 0 Å². The van der Waals surface area contributed by atoms with Crippen molar-refractivity contribution >= 4 is 17.6 Å². The third kappa shape index (κ3) is 3.77. The molecule has 0 unspecified atom stereocenters. The fourth-order valence-electron chi connectivity index (χ4n) is 5.78. The van der Waals surface area contributed by atoms with Crippen molar-refractivity contribution < 1.29 is 4.74 Å². The van der Waals surface area contributed by atoms with E-state index in [1.165, 1.54) is 54.4 Å². The third-order valence-corrected chi connectivity index (χ3v) is 8.52. The minimum atomic E-state index is 0.302. The van der Waals surface area contributed by atoms with Gasteiger partial charge in [0.2, 0.25) is 0 Å². The molecule has 2 aliphatic heterocycles. The maximum absolute atomic E-state index is 5.88. The SMILES string of the molecule is C[C@@H]1CN(Cc2ccc(-c3cc4c(s3)Cc3c(-c5ccc6c(c5)CN=C6)n[nH]c3-4)cc2)C[C@H](C)O1.